The van der Waals surface area contributed by atoms with Gasteiger partial charge in [-0.3, -0.25) is 9.78 Å². The topological polar surface area (TPSA) is 103 Å². The van der Waals surface area contributed by atoms with Crippen molar-refractivity contribution in [3.63, 3.8) is 0 Å². The van der Waals surface area contributed by atoms with Crippen LogP contribution < -0.4 is 15.8 Å². The molecule has 0 aliphatic carbocycles. The highest BCUT2D eigenvalue weighted by atomic mass is 35.5. The number of nitrogens with one attached hydrogen (secondary N) is 1. The zero-order valence-electron chi connectivity index (χ0n) is 16.0. The summed E-state index contributed by atoms with van der Waals surface area (Å²) in [6, 6.07) is 19.2. The monoisotopic (exact) mass is 418 g/mol. The maximum Gasteiger partial charge on any atom is 0.286 e. The first-order chi connectivity index (χ1) is 14.5. The summed E-state index contributed by atoms with van der Waals surface area (Å²) in [7, 11) is 0. The van der Waals surface area contributed by atoms with Crippen molar-refractivity contribution < 1.29 is 9.53 Å². The third kappa shape index (κ3) is 4.31. The summed E-state index contributed by atoms with van der Waals surface area (Å²) in [6.45, 7) is 2.23. The molecule has 2 aromatic carbocycles. The van der Waals surface area contributed by atoms with E-state index in [1.807, 2.05) is 25.1 Å². The maximum atomic E-state index is 11.6. The largest absolute Gasteiger partial charge is 0.486 e. The predicted octanol–water partition coefficient (Wildman–Crippen LogP) is 4.21. The Morgan fingerprint density at radius 1 is 1.20 bits per heavy atom. The summed E-state index contributed by atoms with van der Waals surface area (Å²) in [6.07, 6.45) is 0. The Bertz CT molecular complexity index is 1250. The van der Waals surface area contributed by atoms with Gasteiger partial charge in [0.2, 0.25) is 5.82 Å². The SMILES string of the molecule is Cc1cccc(COc2ccc(Nc3nc(C(N)=O)nc4cc[c]cc34)cc2Cl)n1. The van der Waals surface area contributed by atoms with Gasteiger partial charge in [-0.05, 0) is 55.5 Å². The fourth-order valence-electron chi connectivity index (χ4n) is 2.88. The minimum Gasteiger partial charge on any atom is -0.486 e. The van der Waals surface area contributed by atoms with Crippen LogP contribution in [0.4, 0.5) is 11.5 Å². The lowest BCUT2D eigenvalue weighted by molar-refractivity contribution is 0.0991. The van der Waals surface area contributed by atoms with Crippen molar-refractivity contribution in [3.05, 3.63) is 82.9 Å². The number of anilines is 2. The molecule has 7 nitrogen and oxygen atoms in total. The van der Waals surface area contributed by atoms with E-state index in [9.17, 15) is 4.79 Å². The number of aryl methyl sites for hydroxylation is 1. The fourth-order valence-corrected chi connectivity index (χ4v) is 3.12. The Hall–Kier alpha value is -3.71. The van der Waals surface area contributed by atoms with Gasteiger partial charge in [-0.2, -0.15) is 0 Å². The maximum absolute atomic E-state index is 11.6. The first-order valence-corrected chi connectivity index (χ1v) is 9.47. The number of pyridine rings is 1. The number of aromatic nitrogens is 3. The Labute approximate surface area is 177 Å². The van der Waals surface area contributed by atoms with Crippen molar-refractivity contribution in [3.8, 4) is 5.75 Å². The van der Waals surface area contributed by atoms with Crippen LogP contribution in [0.2, 0.25) is 5.02 Å². The Morgan fingerprint density at radius 2 is 2.07 bits per heavy atom. The minimum atomic E-state index is -0.709. The van der Waals surface area contributed by atoms with Gasteiger partial charge < -0.3 is 15.8 Å². The van der Waals surface area contributed by atoms with E-state index in [1.54, 1.807) is 36.4 Å². The average Bonchev–Trinajstić information content (AvgIpc) is 2.73. The molecule has 3 N–H and O–H groups in total. The van der Waals surface area contributed by atoms with Crippen LogP contribution >= 0.6 is 11.6 Å². The number of rotatable bonds is 6. The fraction of sp³-hybridized carbons (Fsp3) is 0.0909. The van der Waals surface area contributed by atoms with Crippen molar-refractivity contribution in [1.29, 1.82) is 0 Å². The lowest BCUT2D eigenvalue weighted by Gasteiger charge is -2.12. The van der Waals surface area contributed by atoms with Crippen LogP contribution in [0.1, 0.15) is 22.0 Å². The highest BCUT2D eigenvalue weighted by Crippen LogP contribution is 2.31. The molecule has 0 spiro atoms. The smallest absolute Gasteiger partial charge is 0.286 e. The molecular formula is C22H17ClN5O2. The summed E-state index contributed by atoms with van der Waals surface area (Å²) in [4.78, 5) is 24.4. The lowest BCUT2D eigenvalue weighted by atomic mass is 10.2. The van der Waals surface area contributed by atoms with Gasteiger partial charge in [0.25, 0.3) is 5.91 Å². The number of primary amides is 1. The lowest BCUT2D eigenvalue weighted by Crippen LogP contribution is -2.16. The minimum absolute atomic E-state index is 0.0760. The van der Waals surface area contributed by atoms with Crippen LogP contribution in [0, 0.1) is 13.0 Å². The molecule has 0 fully saturated rings. The number of nitrogens with two attached hydrogens (primary N) is 1. The van der Waals surface area contributed by atoms with Gasteiger partial charge in [0, 0.05) is 16.8 Å². The van der Waals surface area contributed by atoms with Gasteiger partial charge in [-0.25, -0.2) is 9.97 Å². The first-order valence-electron chi connectivity index (χ1n) is 9.09. The third-order valence-corrected chi connectivity index (χ3v) is 4.57. The van der Waals surface area contributed by atoms with E-state index in [1.165, 1.54) is 0 Å². The molecule has 2 aromatic heterocycles. The molecule has 8 heteroatoms. The molecule has 149 valence electrons. The standard InChI is InChI=1S/C22H17ClN5O2/c1-13-5-4-6-15(25-13)12-30-19-10-9-14(11-17(19)23)26-21-16-7-2-3-8-18(16)27-22(28-21)20(24)29/h3-11H,12H2,1H3,(H2,24,29)(H,26,27,28). The molecule has 0 saturated carbocycles. The third-order valence-electron chi connectivity index (χ3n) is 4.28. The Morgan fingerprint density at radius 3 is 2.83 bits per heavy atom. The van der Waals surface area contributed by atoms with Gasteiger partial charge >= 0.3 is 0 Å². The van der Waals surface area contributed by atoms with E-state index >= 15 is 0 Å². The van der Waals surface area contributed by atoms with E-state index in [-0.39, 0.29) is 5.82 Å². The molecule has 4 aromatic rings. The Kier molecular flexibility index (Phi) is 5.45. The van der Waals surface area contributed by atoms with E-state index in [0.717, 1.165) is 11.4 Å². The van der Waals surface area contributed by atoms with Gasteiger partial charge in [-0.1, -0.05) is 23.7 Å². The second-order valence-corrected chi connectivity index (χ2v) is 6.94. The van der Waals surface area contributed by atoms with E-state index in [2.05, 4.69) is 26.3 Å². The quantitative estimate of drug-likeness (QED) is 0.486. The number of carbonyl (C=O) groups excluding carboxylic acids is 1. The number of ether oxygens (including phenoxy) is 1. The van der Waals surface area contributed by atoms with Crippen LogP contribution in [-0.4, -0.2) is 20.9 Å². The van der Waals surface area contributed by atoms with Gasteiger partial charge in [0.15, 0.2) is 0 Å². The number of carbonyl (C=O) groups is 1. The summed E-state index contributed by atoms with van der Waals surface area (Å²) < 4.78 is 5.79. The highest BCUT2D eigenvalue weighted by molar-refractivity contribution is 6.32. The van der Waals surface area contributed by atoms with Crippen molar-refractivity contribution in [2.75, 3.05) is 5.32 Å². The number of nitrogens with zero attached hydrogens (tertiary/aromatic N) is 3. The number of amides is 1. The molecule has 30 heavy (non-hydrogen) atoms. The predicted molar refractivity (Wildman–Crippen MR) is 115 cm³/mol. The first kappa shape index (κ1) is 19.6. The molecule has 0 aliphatic rings. The van der Waals surface area contributed by atoms with Gasteiger partial charge in [-0.15, -0.1) is 0 Å². The molecule has 0 saturated heterocycles. The van der Waals surface area contributed by atoms with Crippen LogP contribution in [0.15, 0.2) is 54.6 Å². The zero-order chi connectivity index (χ0) is 21.1. The summed E-state index contributed by atoms with van der Waals surface area (Å²) in [5.41, 5.74) is 8.34. The molecular weight excluding hydrogens is 402 g/mol. The van der Waals surface area contributed by atoms with E-state index in [0.29, 0.717) is 39.8 Å². The second-order valence-electron chi connectivity index (χ2n) is 6.53. The van der Waals surface area contributed by atoms with Crippen LogP contribution in [-0.2, 0) is 6.61 Å². The van der Waals surface area contributed by atoms with E-state index in [4.69, 9.17) is 22.1 Å². The van der Waals surface area contributed by atoms with Crippen molar-refractivity contribution in [2.24, 2.45) is 5.73 Å². The van der Waals surface area contributed by atoms with Crippen LogP contribution in [0.5, 0.6) is 5.75 Å². The van der Waals surface area contributed by atoms with E-state index < -0.39 is 5.91 Å². The van der Waals surface area contributed by atoms with Crippen molar-refractivity contribution in [2.45, 2.75) is 13.5 Å². The molecule has 0 aliphatic heterocycles. The molecule has 0 bridgehead atoms. The van der Waals surface area contributed by atoms with Crippen molar-refractivity contribution in [1.82, 2.24) is 15.0 Å². The summed E-state index contributed by atoms with van der Waals surface area (Å²) in [5.74, 6) is 0.177. The number of fused-ring (bicyclic) bond motifs is 1. The molecule has 2 heterocycles. The molecule has 1 amide bonds. The number of hydrogen-bond donors (Lipinski definition) is 2. The Balaban J connectivity index is 1.57. The number of halogens is 1. The second kappa shape index (κ2) is 8.34. The van der Waals surface area contributed by atoms with Crippen LogP contribution in [0.3, 0.4) is 0 Å². The zero-order valence-corrected chi connectivity index (χ0v) is 16.8. The molecule has 1 radical (unpaired) electrons. The summed E-state index contributed by atoms with van der Waals surface area (Å²) in [5, 5.41) is 4.28. The summed E-state index contributed by atoms with van der Waals surface area (Å²) >= 11 is 6.39. The molecule has 0 atom stereocenters. The van der Waals surface area contributed by atoms with Gasteiger partial charge in [0.1, 0.15) is 18.2 Å². The number of benzene rings is 2. The highest BCUT2D eigenvalue weighted by Gasteiger charge is 2.12. The molecule has 4 rings (SSSR count). The van der Waals surface area contributed by atoms with Crippen LogP contribution in [0.25, 0.3) is 10.9 Å². The average molecular weight is 419 g/mol. The van der Waals surface area contributed by atoms with Gasteiger partial charge in [0.05, 0.1) is 16.2 Å². The number of hydrogen-bond acceptors (Lipinski definition) is 6. The van der Waals surface area contributed by atoms with Crippen molar-refractivity contribution >= 4 is 39.9 Å². The normalized spacial score (nSPS) is 10.7. The molecule has 0 unspecified atom stereocenters.